The zero-order chi connectivity index (χ0) is 87.8. The molecular formula is C102H79BCl7FN15NaO3. The summed E-state index contributed by atoms with van der Waals surface area (Å²) >= 11 is 40.8. The first kappa shape index (κ1) is 88.3. The van der Waals surface area contributed by atoms with Gasteiger partial charge in [-0.05, 0) is 217 Å². The maximum Gasteiger partial charge on any atom is 1.00 e. The molecule has 1 aliphatic heterocycles. The first-order valence-electron chi connectivity index (χ1n) is 41.0. The average Bonchev–Trinajstić information content (AvgIpc) is 1.55. The van der Waals surface area contributed by atoms with Crippen LogP contribution in [0.1, 0.15) is 46.8 Å². The van der Waals surface area contributed by atoms with Crippen molar-refractivity contribution in [2.45, 2.75) is 53.8 Å². The van der Waals surface area contributed by atoms with E-state index in [1.807, 2.05) is 75.9 Å². The molecule has 1 aliphatic rings. The molecular weight excluding hydrogens is 1780 g/mol. The molecule has 1 N–H and O–H groups in total. The molecule has 24 aromatic rings. The summed E-state index contributed by atoms with van der Waals surface area (Å²) in [4.78, 5) is 39.7. The van der Waals surface area contributed by atoms with E-state index in [2.05, 4.69) is 340 Å². The summed E-state index contributed by atoms with van der Waals surface area (Å²) in [5, 5.41) is 16.5. The molecule has 18 nitrogen and oxygen atoms in total. The van der Waals surface area contributed by atoms with Crippen molar-refractivity contribution in [1.82, 2.24) is 72.7 Å². The topological polar surface area (TPSA) is 188 Å². The number of para-hydroxylation sites is 10. The molecule has 25 rings (SSSR count). The molecule has 0 spiro atoms. The number of H-pyrrole nitrogens is 1. The van der Waals surface area contributed by atoms with Crippen molar-refractivity contribution in [1.29, 1.82) is 0 Å². The van der Waals surface area contributed by atoms with Crippen molar-refractivity contribution in [3.05, 3.63) is 352 Å². The molecule has 0 bridgehead atoms. The quantitative estimate of drug-likeness (QED) is 0.155. The minimum Gasteiger partial charge on any atom is -1.00 e. The number of nitrogens with one attached hydrogen (secondary N) is 1. The molecule has 28 heteroatoms. The van der Waals surface area contributed by atoms with Crippen LogP contribution in [-0.2, 0) is 9.31 Å². The van der Waals surface area contributed by atoms with E-state index in [1.54, 1.807) is 0 Å². The van der Waals surface area contributed by atoms with E-state index in [-0.39, 0.29) is 103 Å². The van der Waals surface area contributed by atoms with Gasteiger partial charge in [0.05, 0.1) is 80.4 Å². The zero-order valence-corrected chi connectivity index (χ0v) is 76.1. The number of rotatable bonds is 6. The predicted octanol–water partition coefficient (Wildman–Crippen LogP) is 26.1. The van der Waals surface area contributed by atoms with E-state index >= 15 is 0 Å². The van der Waals surface area contributed by atoms with Gasteiger partial charge in [-0.2, -0.15) is 44.9 Å². The van der Waals surface area contributed by atoms with E-state index < -0.39 is 7.15 Å². The van der Waals surface area contributed by atoms with Gasteiger partial charge in [-0.15, -0.1) is 0 Å². The van der Waals surface area contributed by atoms with Gasteiger partial charge in [0, 0.05) is 99.4 Å². The molecule has 0 aliphatic carbocycles. The molecule has 0 saturated carbocycles. The second-order valence-electron chi connectivity index (χ2n) is 31.0. The van der Waals surface area contributed by atoms with Gasteiger partial charge in [-0.25, -0.2) is 0 Å². The summed E-state index contributed by atoms with van der Waals surface area (Å²) in [5.41, 5.74) is 18.8. The second kappa shape index (κ2) is 36.9. The first-order valence-corrected chi connectivity index (χ1v) is 42.9. The standard InChI is InChI=1S/2C27H15Cl2N5.C24H16N2.C18H19BO3.C3Cl3N3.CH3F.2CH4.Na.H2.H/c2*28-25-30-26(29)32-27(31-25)34-20-12-6-4-10-17(20)18-14-15-22-23(24(18)34)19-11-5-7-13-21(19)33(22)16-8-2-1-3-9-16;1-2-8-16(9-3-1)26-21-13-7-5-11-19(21)23-22(26)15-14-18-17-10-4-6-12-20(17)25-24(18)23;1-17(2)18(3,4)22-19(21-17)12-9-10-16-14(11-12)13-7-5-6-8-15(13)20-16;4-1-7-2(5)9-3(6)8-1;1-2;;;;;/h2*1-15H;1-15,25H;5-11H,1-4H3;;1H3;2*1H4;;1H;/q;;;;;;;;+1;;-1/i;;;;;1D;;;;1+1;. The number of furan rings is 1. The number of halogens is 8. The predicted molar refractivity (Wildman–Crippen MR) is 535 cm³/mol. The number of nitrogens with zero attached hydrogens (tertiary/aromatic N) is 14. The normalized spacial score (nSPS) is 12.8. The van der Waals surface area contributed by atoms with E-state index in [1.165, 1.54) is 49.3 Å². The number of fused-ring (bicyclic) bond motifs is 24. The number of hydrogen-bond acceptors (Lipinski definition) is 12. The maximum atomic E-state index is 9.96. The van der Waals surface area contributed by atoms with E-state index in [4.69, 9.17) is 96.3 Å². The third-order valence-corrected chi connectivity index (χ3v) is 24.5. The van der Waals surface area contributed by atoms with Crippen LogP contribution in [0, 0.1) is 0 Å². The summed E-state index contributed by atoms with van der Waals surface area (Å²) in [6, 6.07) is 109. The van der Waals surface area contributed by atoms with Crippen LogP contribution < -0.4 is 35.0 Å². The van der Waals surface area contributed by atoms with E-state index in [9.17, 15) is 4.39 Å². The molecule has 0 amide bonds. The van der Waals surface area contributed by atoms with Crippen molar-refractivity contribution in [2.24, 2.45) is 0 Å². The zero-order valence-electron chi connectivity index (χ0n) is 70.8. The van der Waals surface area contributed by atoms with Crippen LogP contribution in [0.4, 0.5) is 4.39 Å². The Labute approximate surface area is 806 Å². The van der Waals surface area contributed by atoms with Crippen LogP contribution in [0.5, 0.6) is 0 Å². The molecule has 11 heterocycles. The molecule has 14 aromatic carbocycles. The third kappa shape index (κ3) is 16.1. The van der Waals surface area contributed by atoms with Gasteiger partial charge in [0.25, 0.3) is 0 Å². The summed E-state index contributed by atoms with van der Waals surface area (Å²) in [7, 11) is -1.34. The molecule has 0 radical (unpaired) electrons. The Kier molecular flexibility index (Phi) is 25.1. The maximum absolute atomic E-state index is 9.96. The largest absolute Gasteiger partial charge is 1.00 e. The van der Waals surface area contributed by atoms with E-state index in [0.29, 0.717) is 11.9 Å². The Morgan fingerprint density at radius 1 is 0.323 bits per heavy atom. The van der Waals surface area contributed by atoms with E-state index in [0.717, 1.165) is 126 Å². The van der Waals surface area contributed by atoms with Crippen molar-refractivity contribution in [3.8, 4) is 29.0 Å². The summed E-state index contributed by atoms with van der Waals surface area (Å²) in [6.07, 6.45) is 0. The molecule has 1 fully saturated rings. The first-order chi connectivity index (χ1) is 62.3. The summed E-state index contributed by atoms with van der Waals surface area (Å²) in [5.74, 6) is 0.778. The van der Waals surface area contributed by atoms with Crippen LogP contribution in [0.25, 0.3) is 182 Å². The van der Waals surface area contributed by atoms with Crippen molar-refractivity contribution < 1.29 is 51.9 Å². The van der Waals surface area contributed by atoms with Crippen LogP contribution in [-0.4, -0.2) is 98.1 Å². The number of benzene rings is 14. The van der Waals surface area contributed by atoms with Crippen molar-refractivity contribution in [3.63, 3.8) is 0 Å². The molecule has 130 heavy (non-hydrogen) atoms. The van der Waals surface area contributed by atoms with Crippen molar-refractivity contribution in [2.75, 3.05) is 7.15 Å². The fourth-order valence-electron chi connectivity index (χ4n) is 17.4. The van der Waals surface area contributed by atoms with Gasteiger partial charge in [0.15, 0.2) is 0 Å². The van der Waals surface area contributed by atoms with Gasteiger partial charge in [-0.1, -0.05) is 227 Å². The number of aromatic nitrogens is 15. The Morgan fingerprint density at radius 2 is 0.631 bits per heavy atom. The second-order valence-corrected chi connectivity index (χ2v) is 33.3. The third-order valence-electron chi connectivity index (χ3n) is 23.3. The Morgan fingerprint density at radius 3 is 1.04 bits per heavy atom. The van der Waals surface area contributed by atoms with Gasteiger partial charge < -0.3 is 33.8 Å². The molecule has 0 atom stereocenters. The summed E-state index contributed by atoms with van der Waals surface area (Å²) in [6.45, 7) is 8.27. The van der Waals surface area contributed by atoms with Crippen LogP contribution in [0.3, 0.4) is 0 Å². The SMILES string of the molecule is C.C.CC1(C)OB(c2ccc3oc4ccccc4c3c2)OC1(C)C.Clc1nc(Cl)nc(-n2c3ccccc3c3ccc4c(c5ccccc5n4-c4ccccc4)c32)n1.Clc1nc(Cl)nc(-n2c3ccccc3c3ccc4c(c5ccccc5n4-c4ccccc4)c32)n1.Clc1nc(Cl)nc(Cl)n1.[2HH].[2H]CF.[H-].[Na+].c1ccc(-n2c3ccccc3c3c4[nH]c5ccccc5c4ccc32)cc1. The smallest absolute Gasteiger partial charge is 1.00 e. The Bertz CT molecular complexity index is 8080. The number of alkyl halides is 1. The minimum absolute atomic E-state index is 0. The number of aromatic amines is 1. The Balaban J connectivity index is 0.000000130. The molecule has 0 unspecified atom stereocenters. The average molecular weight is 1870 g/mol. The molecule has 10 aromatic heterocycles. The van der Waals surface area contributed by atoms with Crippen LogP contribution in [0.2, 0.25) is 37.0 Å². The van der Waals surface area contributed by atoms with Gasteiger partial charge in [-0.3, -0.25) is 13.5 Å². The fourth-order valence-corrected chi connectivity index (χ4v) is 18.7. The molecule has 1 saturated heterocycles. The monoisotopic (exact) mass is 1860 g/mol. The minimum atomic E-state index is -1.00. The number of hydrogen-bond donors (Lipinski definition) is 1. The summed E-state index contributed by atoms with van der Waals surface area (Å²) < 4.78 is 44.7. The van der Waals surface area contributed by atoms with Crippen LogP contribution >= 0.6 is 81.2 Å². The van der Waals surface area contributed by atoms with Crippen LogP contribution in [0.15, 0.2) is 320 Å². The van der Waals surface area contributed by atoms with Gasteiger partial charge in [0.1, 0.15) is 11.2 Å². The molecule has 640 valence electrons. The fraction of sp³-hybridized carbons (Fsp3) is 0.0882. The van der Waals surface area contributed by atoms with Gasteiger partial charge >= 0.3 is 36.7 Å². The van der Waals surface area contributed by atoms with Gasteiger partial charge in [0.2, 0.25) is 48.9 Å². The van der Waals surface area contributed by atoms with Crippen molar-refractivity contribution >= 4 is 247 Å². The Hall–Kier alpha value is -12.3.